The van der Waals surface area contributed by atoms with Crippen LogP contribution in [0.2, 0.25) is 0 Å². The Hall–Kier alpha value is -1.25. The molecule has 1 atom stereocenters. The Morgan fingerprint density at radius 2 is 2.27 bits per heavy atom. The Bertz CT molecular complexity index is 224. The molecule has 1 aliphatic rings. The number of halogens is 3. The second kappa shape index (κ2) is 2.42. The maximum Gasteiger partial charge on any atom is 0.410 e. The molecule has 0 aromatic carbocycles. The molecule has 0 radical (unpaired) electrons. The number of hydrogen-bond donors (Lipinski definition) is 1. The lowest BCUT2D eigenvalue weighted by molar-refractivity contribution is -0.151. The van der Waals surface area contributed by atoms with E-state index in [2.05, 4.69) is 5.10 Å². The fraction of sp³-hybridized carbons (Fsp3) is 0.600. The van der Waals surface area contributed by atoms with E-state index in [0.29, 0.717) is 0 Å². The van der Waals surface area contributed by atoms with Crippen molar-refractivity contribution in [2.75, 3.05) is 0 Å². The van der Waals surface area contributed by atoms with E-state index in [1.807, 2.05) is 5.43 Å². The molecule has 0 bridgehead atoms. The third-order valence-corrected chi connectivity index (χ3v) is 1.28. The van der Waals surface area contributed by atoms with Gasteiger partial charge < -0.3 is 0 Å². The molecule has 6 heteroatoms. The van der Waals surface area contributed by atoms with E-state index >= 15 is 0 Å². The number of alkyl halides is 3. The second-order valence-electron chi connectivity index (χ2n) is 2.10. The van der Waals surface area contributed by atoms with Gasteiger partial charge in [-0.3, -0.25) is 5.43 Å². The summed E-state index contributed by atoms with van der Waals surface area (Å²) in [7, 11) is 0. The van der Waals surface area contributed by atoms with Crippen LogP contribution in [0.4, 0.5) is 13.2 Å². The van der Waals surface area contributed by atoms with Gasteiger partial charge in [0.1, 0.15) is 17.8 Å². The average Bonchev–Trinajstić information content (AvgIpc) is 2.32. The zero-order valence-electron chi connectivity index (χ0n) is 5.31. The zero-order chi connectivity index (χ0) is 8.48. The van der Waals surface area contributed by atoms with Gasteiger partial charge >= 0.3 is 6.18 Å². The third kappa shape index (κ3) is 1.61. The van der Waals surface area contributed by atoms with Crippen molar-refractivity contribution < 1.29 is 13.2 Å². The number of nitrogens with one attached hydrogen (secondary N) is 1. The molecule has 0 unspecified atom stereocenters. The summed E-state index contributed by atoms with van der Waals surface area (Å²) in [5.74, 6) is 0. The first-order valence-corrected chi connectivity index (χ1v) is 2.83. The van der Waals surface area contributed by atoms with Gasteiger partial charge in [-0.05, 0) is 0 Å². The first kappa shape index (κ1) is 7.85. The number of hydrazone groups is 1. The summed E-state index contributed by atoms with van der Waals surface area (Å²) in [6.45, 7) is 0. The Morgan fingerprint density at radius 1 is 1.64 bits per heavy atom. The third-order valence-electron chi connectivity index (χ3n) is 1.28. The molecule has 1 aliphatic heterocycles. The predicted octanol–water partition coefficient (Wildman–Crippen LogP) is 0.790. The van der Waals surface area contributed by atoms with Gasteiger partial charge in [0, 0.05) is 6.42 Å². The number of hydrogen-bond acceptors (Lipinski definition) is 3. The molecule has 0 aromatic heterocycles. The van der Waals surface area contributed by atoms with Crippen LogP contribution in [-0.4, -0.2) is 17.9 Å². The molecule has 0 saturated heterocycles. The van der Waals surface area contributed by atoms with Crippen molar-refractivity contribution in [3.8, 4) is 6.07 Å². The van der Waals surface area contributed by atoms with Crippen LogP contribution in [0.25, 0.3) is 0 Å². The summed E-state index contributed by atoms with van der Waals surface area (Å²) in [4.78, 5) is 0. The Labute approximate surface area is 60.5 Å². The van der Waals surface area contributed by atoms with Gasteiger partial charge in [0.05, 0.1) is 0 Å². The number of rotatable bonds is 0. The molecule has 0 saturated carbocycles. The van der Waals surface area contributed by atoms with Crippen molar-refractivity contribution in [1.82, 2.24) is 5.43 Å². The van der Waals surface area contributed by atoms with Gasteiger partial charge in [0.15, 0.2) is 0 Å². The average molecular weight is 163 g/mol. The minimum absolute atomic E-state index is 0.104. The lowest BCUT2D eigenvalue weighted by Crippen LogP contribution is -2.36. The van der Waals surface area contributed by atoms with Crippen LogP contribution < -0.4 is 5.43 Å². The standard InChI is InChI=1S/C5H4F3N3/c6-5(7,8)4-1-3(2-9)10-11-4/h4,11H,1H2/t4-/m1/s1. The van der Waals surface area contributed by atoms with Crippen LogP contribution in [0.3, 0.4) is 0 Å². The number of nitriles is 1. The van der Waals surface area contributed by atoms with E-state index < -0.39 is 12.2 Å². The highest BCUT2D eigenvalue weighted by molar-refractivity contribution is 5.99. The Balaban J connectivity index is 2.56. The van der Waals surface area contributed by atoms with Crippen molar-refractivity contribution >= 4 is 5.71 Å². The van der Waals surface area contributed by atoms with Crippen LogP contribution in [0, 0.1) is 11.3 Å². The topological polar surface area (TPSA) is 48.2 Å². The van der Waals surface area contributed by atoms with Gasteiger partial charge in [0.25, 0.3) is 0 Å². The van der Waals surface area contributed by atoms with Crippen LogP contribution in [0.1, 0.15) is 6.42 Å². The Morgan fingerprint density at radius 3 is 2.55 bits per heavy atom. The van der Waals surface area contributed by atoms with Gasteiger partial charge in [-0.15, -0.1) is 0 Å². The summed E-state index contributed by atoms with van der Waals surface area (Å²) in [5.41, 5.74) is 1.73. The SMILES string of the molecule is N#CC1=NN[C@@H](C(F)(F)F)C1. The maximum atomic E-state index is 11.8. The van der Waals surface area contributed by atoms with Gasteiger partial charge in [0.2, 0.25) is 0 Å². The van der Waals surface area contributed by atoms with Crippen LogP contribution in [0.5, 0.6) is 0 Å². The summed E-state index contributed by atoms with van der Waals surface area (Å²) < 4.78 is 35.5. The quantitative estimate of drug-likeness (QED) is 0.573. The monoisotopic (exact) mass is 163 g/mol. The Kier molecular flexibility index (Phi) is 1.72. The molecule has 1 heterocycles. The summed E-state index contributed by atoms with van der Waals surface area (Å²) in [5, 5.41) is 11.3. The van der Waals surface area contributed by atoms with E-state index in [-0.39, 0.29) is 12.1 Å². The van der Waals surface area contributed by atoms with E-state index in [1.165, 1.54) is 0 Å². The first-order chi connectivity index (χ1) is 5.04. The molecule has 0 fully saturated rings. The van der Waals surface area contributed by atoms with Crippen molar-refractivity contribution in [2.45, 2.75) is 18.6 Å². The van der Waals surface area contributed by atoms with Gasteiger partial charge in [-0.2, -0.15) is 23.5 Å². The van der Waals surface area contributed by atoms with Gasteiger partial charge in [-0.25, -0.2) is 0 Å². The highest BCUT2D eigenvalue weighted by atomic mass is 19.4. The fourth-order valence-electron chi connectivity index (χ4n) is 0.700. The number of nitrogens with zero attached hydrogens (tertiary/aromatic N) is 2. The normalized spacial score (nSPS) is 23.8. The lowest BCUT2D eigenvalue weighted by Gasteiger charge is -2.12. The lowest BCUT2D eigenvalue weighted by atomic mass is 10.2. The zero-order valence-corrected chi connectivity index (χ0v) is 5.31. The molecule has 11 heavy (non-hydrogen) atoms. The molecule has 1 N–H and O–H groups in total. The smallest absolute Gasteiger partial charge is 0.296 e. The van der Waals surface area contributed by atoms with Crippen molar-refractivity contribution in [1.29, 1.82) is 5.26 Å². The predicted molar refractivity (Wildman–Crippen MR) is 30.6 cm³/mol. The summed E-state index contributed by atoms with van der Waals surface area (Å²) in [6.07, 6.45) is -4.68. The van der Waals surface area contributed by atoms with E-state index in [1.54, 1.807) is 6.07 Å². The van der Waals surface area contributed by atoms with Gasteiger partial charge in [-0.1, -0.05) is 0 Å². The molecule has 60 valence electrons. The minimum Gasteiger partial charge on any atom is -0.296 e. The summed E-state index contributed by atoms with van der Waals surface area (Å²) in [6, 6.07) is -0.130. The minimum atomic E-state index is -4.32. The largest absolute Gasteiger partial charge is 0.410 e. The fourth-order valence-corrected chi connectivity index (χ4v) is 0.700. The van der Waals surface area contributed by atoms with E-state index in [0.717, 1.165) is 0 Å². The van der Waals surface area contributed by atoms with Crippen LogP contribution in [-0.2, 0) is 0 Å². The molecule has 0 aliphatic carbocycles. The molecule has 0 amide bonds. The summed E-state index contributed by atoms with van der Waals surface area (Å²) >= 11 is 0. The molecule has 1 rings (SSSR count). The molecule has 0 aromatic rings. The second-order valence-corrected chi connectivity index (χ2v) is 2.10. The van der Waals surface area contributed by atoms with E-state index in [9.17, 15) is 13.2 Å². The highest BCUT2D eigenvalue weighted by Gasteiger charge is 2.42. The highest BCUT2D eigenvalue weighted by Crippen LogP contribution is 2.24. The molecular formula is C5H4F3N3. The van der Waals surface area contributed by atoms with Crippen molar-refractivity contribution in [3.05, 3.63) is 0 Å². The first-order valence-electron chi connectivity index (χ1n) is 2.83. The van der Waals surface area contributed by atoms with Crippen molar-refractivity contribution in [2.24, 2.45) is 5.10 Å². The van der Waals surface area contributed by atoms with Crippen molar-refractivity contribution in [3.63, 3.8) is 0 Å². The molecule has 3 nitrogen and oxygen atoms in total. The molecule has 0 spiro atoms. The van der Waals surface area contributed by atoms with Crippen LogP contribution >= 0.6 is 0 Å². The van der Waals surface area contributed by atoms with E-state index in [4.69, 9.17) is 5.26 Å². The maximum absolute atomic E-state index is 11.8. The van der Waals surface area contributed by atoms with Crippen LogP contribution in [0.15, 0.2) is 5.10 Å². The molecular weight excluding hydrogens is 159 g/mol.